The zero-order valence-electron chi connectivity index (χ0n) is 10.3. The molecule has 1 aromatic carbocycles. The molecule has 5 heteroatoms. The van der Waals surface area contributed by atoms with Crippen LogP contribution >= 0.6 is 11.6 Å². The molecule has 0 aliphatic heterocycles. The molecule has 18 heavy (non-hydrogen) atoms. The summed E-state index contributed by atoms with van der Waals surface area (Å²) in [5, 5.41) is 6.08. The molecule has 0 saturated carbocycles. The summed E-state index contributed by atoms with van der Waals surface area (Å²) in [4.78, 5) is 22.0. The molecule has 0 unspecified atom stereocenters. The first-order chi connectivity index (χ1) is 8.58. The molecule has 2 N–H and O–H groups in total. The Labute approximate surface area is 112 Å². The van der Waals surface area contributed by atoms with Crippen LogP contribution in [0.15, 0.2) is 24.3 Å². The van der Waals surface area contributed by atoms with Gasteiger partial charge in [-0.2, -0.15) is 0 Å². The lowest BCUT2D eigenvalue weighted by atomic mass is 10.1. The fourth-order valence-corrected chi connectivity index (χ4v) is 1.56. The molecular formula is C13H17ClN2O2. The molecule has 1 aromatic rings. The molecule has 0 aromatic heterocycles. The molecule has 2 amide bonds. The summed E-state index contributed by atoms with van der Waals surface area (Å²) < 4.78 is 0. The zero-order chi connectivity index (χ0) is 13.4. The van der Waals surface area contributed by atoms with Crippen molar-refractivity contribution < 1.29 is 9.59 Å². The van der Waals surface area contributed by atoms with Gasteiger partial charge in [0, 0.05) is 31.5 Å². The second-order valence-corrected chi connectivity index (χ2v) is 4.40. The highest BCUT2D eigenvalue weighted by atomic mass is 35.5. The van der Waals surface area contributed by atoms with Crippen LogP contribution in [0, 0.1) is 0 Å². The molecule has 0 radical (unpaired) electrons. The first-order valence-corrected chi connectivity index (χ1v) is 6.21. The minimum atomic E-state index is -0.121. The topological polar surface area (TPSA) is 58.2 Å². The largest absolute Gasteiger partial charge is 0.356 e. The van der Waals surface area contributed by atoms with Crippen molar-refractivity contribution in [1.82, 2.24) is 10.6 Å². The summed E-state index contributed by atoms with van der Waals surface area (Å²) in [6, 6.07) is 7.53. The van der Waals surface area contributed by atoms with E-state index in [1.165, 1.54) is 6.92 Å². The van der Waals surface area contributed by atoms with Gasteiger partial charge in [0.1, 0.15) is 0 Å². The van der Waals surface area contributed by atoms with Crippen LogP contribution in [0.3, 0.4) is 0 Å². The van der Waals surface area contributed by atoms with Gasteiger partial charge in [0.05, 0.1) is 0 Å². The summed E-state index contributed by atoms with van der Waals surface area (Å²) >= 11 is 5.77. The third kappa shape index (κ3) is 6.25. The predicted molar refractivity (Wildman–Crippen MR) is 71.5 cm³/mol. The molecule has 0 aliphatic rings. The molecule has 0 spiro atoms. The van der Waals surface area contributed by atoms with E-state index in [4.69, 9.17) is 11.6 Å². The van der Waals surface area contributed by atoms with Gasteiger partial charge in [-0.05, 0) is 24.1 Å². The molecule has 0 atom stereocenters. The van der Waals surface area contributed by atoms with Crippen LogP contribution in [-0.2, 0) is 16.0 Å². The smallest absolute Gasteiger partial charge is 0.221 e. The summed E-state index contributed by atoms with van der Waals surface area (Å²) in [5.41, 5.74) is 1.13. The van der Waals surface area contributed by atoms with Crippen molar-refractivity contribution in [2.45, 2.75) is 19.8 Å². The number of rotatable bonds is 6. The van der Waals surface area contributed by atoms with Crippen LogP contribution in [-0.4, -0.2) is 24.9 Å². The first kappa shape index (κ1) is 14.5. The molecule has 0 aliphatic carbocycles. The van der Waals surface area contributed by atoms with Gasteiger partial charge in [-0.15, -0.1) is 0 Å². The molecule has 0 heterocycles. The van der Waals surface area contributed by atoms with E-state index in [0.717, 1.165) is 12.0 Å². The lowest BCUT2D eigenvalue weighted by Gasteiger charge is -2.06. The van der Waals surface area contributed by atoms with Crippen molar-refractivity contribution in [2.75, 3.05) is 13.1 Å². The average Bonchev–Trinajstić information content (AvgIpc) is 2.31. The summed E-state index contributed by atoms with van der Waals surface area (Å²) in [6.45, 7) is 2.39. The van der Waals surface area contributed by atoms with Crippen molar-refractivity contribution in [1.29, 1.82) is 0 Å². The number of nitrogens with one attached hydrogen (secondary N) is 2. The van der Waals surface area contributed by atoms with Crippen LogP contribution in [0.5, 0.6) is 0 Å². The summed E-state index contributed by atoms with van der Waals surface area (Å²) in [7, 11) is 0. The quantitative estimate of drug-likeness (QED) is 0.822. The van der Waals surface area contributed by atoms with Gasteiger partial charge < -0.3 is 10.6 Å². The maximum Gasteiger partial charge on any atom is 0.221 e. The number of carbonyl (C=O) groups is 2. The van der Waals surface area contributed by atoms with E-state index in [0.29, 0.717) is 24.5 Å². The lowest BCUT2D eigenvalue weighted by Crippen LogP contribution is -2.30. The first-order valence-electron chi connectivity index (χ1n) is 5.83. The average molecular weight is 269 g/mol. The SMILES string of the molecule is CC(=O)NCCC(=O)NCCc1ccc(Cl)cc1. The van der Waals surface area contributed by atoms with Gasteiger partial charge in [0.15, 0.2) is 0 Å². The second-order valence-electron chi connectivity index (χ2n) is 3.96. The summed E-state index contributed by atoms with van der Waals surface area (Å²) in [5.74, 6) is -0.179. The molecule has 0 bridgehead atoms. The van der Waals surface area contributed by atoms with Gasteiger partial charge >= 0.3 is 0 Å². The van der Waals surface area contributed by atoms with Crippen molar-refractivity contribution >= 4 is 23.4 Å². The van der Waals surface area contributed by atoms with Crippen LogP contribution in [0.4, 0.5) is 0 Å². The Balaban J connectivity index is 2.15. The summed E-state index contributed by atoms with van der Waals surface area (Å²) in [6.07, 6.45) is 1.07. The Morgan fingerprint density at radius 2 is 1.78 bits per heavy atom. The van der Waals surface area contributed by atoms with Crippen molar-refractivity contribution in [2.24, 2.45) is 0 Å². The minimum Gasteiger partial charge on any atom is -0.356 e. The second kappa shape index (κ2) is 7.71. The Hall–Kier alpha value is -1.55. The van der Waals surface area contributed by atoms with E-state index in [-0.39, 0.29) is 11.8 Å². The van der Waals surface area contributed by atoms with Crippen LogP contribution < -0.4 is 10.6 Å². The van der Waals surface area contributed by atoms with E-state index in [9.17, 15) is 9.59 Å². The highest BCUT2D eigenvalue weighted by Gasteiger charge is 2.01. The Morgan fingerprint density at radius 1 is 1.11 bits per heavy atom. The van der Waals surface area contributed by atoms with Crippen LogP contribution in [0.25, 0.3) is 0 Å². The fourth-order valence-electron chi connectivity index (χ4n) is 1.44. The zero-order valence-corrected chi connectivity index (χ0v) is 11.1. The van der Waals surface area contributed by atoms with Crippen molar-refractivity contribution in [3.63, 3.8) is 0 Å². The van der Waals surface area contributed by atoms with Gasteiger partial charge in [0.2, 0.25) is 11.8 Å². The number of hydrogen-bond acceptors (Lipinski definition) is 2. The minimum absolute atomic E-state index is 0.0577. The third-order valence-electron chi connectivity index (χ3n) is 2.38. The highest BCUT2D eigenvalue weighted by molar-refractivity contribution is 6.30. The normalized spacial score (nSPS) is 9.89. The Bertz CT molecular complexity index is 404. The van der Waals surface area contributed by atoms with E-state index in [1.807, 2.05) is 24.3 Å². The molecule has 98 valence electrons. The number of hydrogen-bond donors (Lipinski definition) is 2. The monoisotopic (exact) mass is 268 g/mol. The lowest BCUT2D eigenvalue weighted by molar-refractivity contribution is -0.121. The maximum atomic E-state index is 11.4. The van der Waals surface area contributed by atoms with Crippen molar-refractivity contribution in [3.8, 4) is 0 Å². The molecule has 1 rings (SSSR count). The van der Waals surface area contributed by atoms with Gasteiger partial charge in [-0.3, -0.25) is 9.59 Å². The fraction of sp³-hybridized carbons (Fsp3) is 0.385. The van der Waals surface area contributed by atoms with E-state index >= 15 is 0 Å². The highest BCUT2D eigenvalue weighted by Crippen LogP contribution is 2.09. The van der Waals surface area contributed by atoms with Crippen molar-refractivity contribution in [3.05, 3.63) is 34.9 Å². The van der Waals surface area contributed by atoms with E-state index in [1.54, 1.807) is 0 Å². The Morgan fingerprint density at radius 3 is 2.39 bits per heavy atom. The standard InChI is InChI=1S/C13H17ClN2O2/c1-10(17)15-9-7-13(18)16-8-6-11-2-4-12(14)5-3-11/h2-5H,6-9H2,1H3,(H,15,17)(H,16,18). The Kier molecular flexibility index (Phi) is 6.22. The molecule has 0 fully saturated rings. The van der Waals surface area contributed by atoms with E-state index in [2.05, 4.69) is 10.6 Å². The van der Waals surface area contributed by atoms with Crippen LogP contribution in [0.2, 0.25) is 5.02 Å². The predicted octanol–water partition coefficient (Wildman–Crippen LogP) is 1.52. The van der Waals surface area contributed by atoms with Gasteiger partial charge in [0.25, 0.3) is 0 Å². The van der Waals surface area contributed by atoms with Gasteiger partial charge in [-0.25, -0.2) is 0 Å². The van der Waals surface area contributed by atoms with E-state index < -0.39 is 0 Å². The number of carbonyl (C=O) groups excluding carboxylic acids is 2. The number of halogens is 1. The van der Waals surface area contributed by atoms with Gasteiger partial charge in [-0.1, -0.05) is 23.7 Å². The molecular weight excluding hydrogens is 252 g/mol. The number of benzene rings is 1. The maximum absolute atomic E-state index is 11.4. The van der Waals surface area contributed by atoms with Crippen LogP contribution in [0.1, 0.15) is 18.9 Å². The molecule has 4 nitrogen and oxygen atoms in total. The third-order valence-corrected chi connectivity index (χ3v) is 2.63. The number of amides is 2. The molecule has 0 saturated heterocycles.